The molecule has 1 aromatic rings. The highest BCUT2D eigenvalue weighted by atomic mass is 19.1. The van der Waals surface area contributed by atoms with E-state index in [4.69, 9.17) is 5.11 Å². The highest BCUT2D eigenvalue weighted by Crippen LogP contribution is 2.31. The average Bonchev–Trinajstić information content (AvgIpc) is 2.92. The van der Waals surface area contributed by atoms with E-state index < -0.39 is 5.97 Å². The van der Waals surface area contributed by atoms with Crippen LogP contribution in [-0.4, -0.2) is 35.1 Å². The number of nitrogens with zero attached hydrogens (tertiary/aromatic N) is 1. The third-order valence-corrected chi connectivity index (χ3v) is 3.59. The minimum atomic E-state index is -0.872. The maximum Gasteiger partial charge on any atom is 0.317 e. The molecule has 2 N–H and O–H groups in total. The van der Waals surface area contributed by atoms with E-state index in [2.05, 4.69) is 5.32 Å². The third kappa shape index (κ3) is 4.18. The van der Waals surface area contributed by atoms with Crippen molar-refractivity contribution in [3.05, 3.63) is 35.6 Å². The van der Waals surface area contributed by atoms with E-state index in [1.807, 2.05) is 6.07 Å². The third-order valence-electron chi connectivity index (χ3n) is 3.59. The zero-order valence-electron chi connectivity index (χ0n) is 11.7. The van der Waals surface area contributed by atoms with E-state index in [0.717, 1.165) is 18.4 Å². The largest absolute Gasteiger partial charge is 0.481 e. The Bertz CT molecular complexity index is 521. The molecule has 1 aromatic carbocycles. The maximum atomic E-state index is 13.3. The van der Waals surface area contributed by atoms with Gasteiger partial charge in [0, 0.05) is 19.5 Å². The Morgan fingerprint density at radius 1 is 1.43 bits per heavy atom. The van der Waals surface area contributed by atoms with Crippen molar-refractivity contribution in [3.63, 3.8) is 0 Å². The summed E-state index contributed by atoms with van der Waals surface area (Å²) in [4.78, 5) is 24.2. The molecule has 1 heterocycles. The molecular formula is C15H19FN2O3. The summed E-state index contributed by atoms with van der Waals surface area (Å²) < 4.78 is 13.3. The van der Waals surface area contributed by atoms with E-state index in [1.54, 1.807) is 11.0 Å². The second kappa shape index (κ2) is 7.06. The standard InChI is InChI=1S/C15H19FN2O3/c16-12-5-1-4-11(10-12)13-6-3-9-18(13)15(21)17-8-2-7-14(19)20/h1,4-5,10,13H,2-3,6-9H2,(H,17,21)(H,19,20). The van der Waals surface area contributed by atoms with E-state index in [-0.39, 0.29) is 24.3 Å². The van der Waals surface area contributed by atoms with Crippen LogP contribution in [0.4, 0.5) is 9.18 Å². The lowest BCUT2D eigenvalue weighted by Crippen LogP contribution is -2.40. The smallest absolute Gasteiger partial charge is 0.317 e. The van der Waals surface area contributed by atoms with Gasteiger partial charge in [0.25, 0.3) is 0 Å². The predicted octanol–water partition coefficient (Wildman–Crippen LogP) is 2.54. The molecule has 0 aliphatic carbocycles. The van der Waals surface area contributed by atoms with Gasteiger partial charge >= 0.3 is 12.0 Å². The lowest BCUT2D eigenvalue weighted by Gasteiger charge is -2.25. The first-order valence-electron chi connectivity index (χ1n) is 7.09. The number of carboxylic acid groups (broad SMARTS) is 1. The summed E-state index contributed by atoms with van der Waals surface area (Å²) in [5.74, 6) is -1.18. The van der Waals surface area contributed by atoms with Crippen LogP contribution < -0.4 is 5.32 Å². The number of aliphatic carboxylic acids is 1. The van der Waals surface area contributed by atoms with Crippen LogP contribution in [0.3, 0.4) is 0 Å². The van der Waals surface area contributed by atoms with Crippen molar-refractivity contribution in [2.75, 3.05) is 13.1 Å². The van der Waals surface area contributed by atoms with Gasteiger partial charge in [0.05, 0.1) is 6.04 Å². The fraction of sp³-hybridized carbons (Fsp3) is 0.467. The maximum absolute atomic E-state index is 13.3. The number of hydrogen-bond donors (Lipinski definition) is 2. The molecule has 2 amide bonds. The van der Waals surface area contributed by atoms with Gasteiger partial charge in [-0.2, -0.15) is 0 Å². The first-order chi connectivity index (χ1) is 10.1. The van der Waals surface area contributed by atoms with E-state index in [1.165, 1.54) is 12.1 Å². The molecule has 0 saturated carbocycles. The van der Waals surface area contributed by atoms with Gasteiger partial charge in [-0.15, -0.1) is 0 Å². The fourth-order valence-corrected chi connectivity index (χ4v) is 2.61. The Morgan fingerprint density at radius 3 is 2.95 bits per heavy atom. The summed E-state index contributed by atoms with van der Waals surface area (Å²) in [6.07, 6.45) is 2.13. The molecule has 1 saturated heterocycles. The summed E-state index contributed by atoms with van der Waals surface area (Å²) in [6.45, 7) is 0.962. The molecule has 1 fully saturated rings. The average molecular weight is 294 g/mol. The lowest BCUT2D eigenvalue weighted by molar-refractivity contribution is -0.137. The van der Waals surface area contributed by atoms with Crippen molar-refractivity contribution in [3.8, 4) is 0 Å². The fourth-order valence-electron chi connectivity index (χ4n) is 2.61. The van der Waals surface area contributed by atoms with Gasteiger partial charge in [-0.3, -0.25) is 4.79 Å². The highest BCUT2D eigenvalue weighted by molar-refractivity contribution is 5.75. The number of nitrogens with one attached hydrogen (secondary N) is 1. The van der Waals surface area contributed by atoms with Crippen LogP contribution in [0.2, 0.25) is 0 Å². The van der Waals surface area contributed by atoms with Gasteiger partial charge in [0.15, 0.2) is 0 Å². The van der Waals surface area contributed by atoms with Gasteiger partial charge in [-0.25, -0.2) is 9.18 Å². The quantitative estimate of drug-likeness (QED) is 0.820. The van der Waals surface area contributed by atoms with Gasteiger partial charge in [-0.1, -0.05) is 12.1 Å². The van der Waals surface area contributed by atoms with Crippen LogP contribution in [0.15, 0.2) is 24.3 Å². The van der Waals surface area contributed by atoms with Gasteiger partial charge in [0.2, 0.25) is 0 Å². The molecule has 0 bridgehead atoms. The minimum Gasteiger partial charge on any atom is -0.481 e. The zero-order valence-corrected chi connectivity index (χ0v) is 11.7. The van der Waals surface area contributed by atoms with Crippen molar-refractivity contribution in [2.24, 2.45) is 0 Å². The molecule has 1 unspecified atom stereocenters. The summed E-state index contributed by atoms with van der Waals surface area (Å²) in [6, 6.07) is 5.98. The molecule has 0 radical (unpaired) electrons. The second-order valence-electron chi connectivity index (χ2n) is 5.14. The van der Waals surface area contributed by atoms with Crippen molar-refractivity contribution in [1.82, 2.24) is 10.2 Å². The lowest BCUT2D eigenvalue weighted by atomic mass is 10.0. The zero-order chi connectivity index (χ0) is 15.2. The molecule has 1 aliphatic rings. The monoisotopic (exact) mass is 294 g/mol. The summed E-state index contributed by atoms with van der Waals surface area (Å²) in [7, 11) is 0. The van der Waals surface area contributed by atoms with Crippen LogP contribution in [0, 0.1) is 5.82 Å². The van der Waals surface area contributed by atoms with E-state index in [9.17, 15) is 14.0 Å². The Labute approximate surface area is 122 Å². The van der Waals surface area contributed by atoms with Crippen molar-refractivity contribution in [2.45, 2.75) is 31.7 Å². The van der Waals surface area contributed by atoms with Crippen molar-refractivity contribution >= 4 is 12.0 Å². The number of halogens is 1. The molecule has 6 heteroatoms. The van der Waals surface area contributed by atoms with Crippen LogP contribution >= 0.6 is 0 Å². The van der Waals surface area contributed by atoms with Crippen LogP contribution in [0.25, 0.3) is 0 Å². The Morgan fingerprint density at radius 2 is 2.24 bits per heavy atom. The normalized spacial score (nSPS) is 17.8. The SMILES string of the molecule is O=C(O)CCCNC(=O)N1CCCC1c1cccc(F)c1. The number of hydrogen-bond acceptors (Lipinski definition) is 2. The van der Waals surface area contributed by atoms with Gasteiger partial charge in [0.1, 0.15) is 5.82 Å². The Balaban J connectivity index is 1.92. The summed E-state index contributed by atoms with van der Waals surface area (Å²) in [5, 5.41) is 11.3. The first kappa shape index (κ1) is 15.3. The predicted molar refractivity (Wildman–Crippen MR) is 75.3 cm³/mol. The highest BCUT2D eigenvalue weighted by Gasteiger charge is 2.29. The topological polar surface area (TPSA) is 69.6 Å². The number of amides is 2. The summed E-state index contributed by atoms with van der Waals surface area (Å²) >= 11 is 0. The number of carbonyl (C=O) groups excluding carboxylic acids is 1. The van der Waals surface area contributed by atoms with Crippen LogP contribution in [-0.2, 0) is 4.79 Å². The number of benzene rings is 1. The molecule has 1 atom stereocenters. The van der Waals surface area contributed by atoms with E-state index in [0.29, 0.717) is 19.5 Å². The number of carboxylic acids is 1. The molecule has 114 valence electrons. The first-order valence-corrected chi connectivity index (χ1v) is 7.09. The Kier molecular flexibility index (Phi) is 5.14. The molecule has 21 heavy (non-hydrogen) atoms. The summed E-state index contributed by atoms with van der Waals surface area (Å²) in [5.41, 5.74) is 0.799. The van der Waals surface area contributed by atoms with Crippen molar-refractivity contribution in [1.29, 1.82) is 0 Å². The number of likely N-dealkylation sites (tertiary alicyclic amines) is 1. The second-order valence-corrected chi connectivity index (χ2v) is 5.14. The molecular weight excluding hydrogens is 275 g/mol. The molecule has 5 nitrogen and oxygen atoms in total. The molecule has 2 rings (SSSR count). The molecule has 1 aliphatic heterocycles. The van der Waals surface area contributed by atoms with E-state index >= 15 is 0 Å². The number of rotatable bonds is 5. The number of carbonyl (C=O) groups is 2. The van der Waals surface area contributed by atoms with Crippen molar-refractivity contribution < 1.29 is 19.1 Å². The van der Waals surface area contributed by atoms with Gasteiger partial charge < -0.3 is 15.3 Å². The van der Waals surface area contributed by atoms with Crippen LogP contribution in [0.1, 0.15) is 37.3 Å². The van der Waals surface area contributed by atoms with Crippen LogP contribution in [0.5, 0.6) is 0 Å². The Hall–Kier alpha value is -2.11. The number of urea groups is 1. The minimum absolute atomic E-state index is 0.0353. The van der Waals surface area contributed by atoms with Gasteiger partial charge in [-0.05, 0) is 37.0 Å². The molecule has 0 spiro atoms. The molecule has 0 aromatic heterocycles.